The van der Waals surface area contributed by atoms with Crippen LogP contribution in [-0.4, -0.2) is 84.5 Å². The second-order valence-corrected chi connectivity index (χ2v) is 7.35. The van der Waals surface area contributed by atoms with Crippen LogP contribution in [0.15, 0.2) is 0 Å². The summed E-state index contributed by atoms with van der Waals surface area (Å²) in [7, 11) is 0. The molecule has 3 rings (SSSR count). The second kappa shape index (κ2) is 7.83. The van der Waals surface area contributed by atoms with Crippen LogP contribution in [0, 0.1) is 5.92 Å². The van der Waals surface area contributed by atoms with Crippen LogP contribution in [0.5, 0.6) is 0 Å². The van der Waals surface area contributed by atoms with Gasteiger partial charge < -0.3 is 14.5 Å². The quantitative estimate of drug-likeness (QED) is 0.767. The fraction of sp³-hybridized carbons (Fsp3) is 0.889. The van der Waals surface area contributed by atoms with Crippen molar-refractivity contribution < 1.29 is 14.3 Å². The number of piperidine rings is 1. The van der Waals surface area contributed by atoms with Gasteiger partial charge in [-0.15, -0.1) is 0 Å². The van der Waals surface area contributed by atoms with Crippen LogP contribution < -0.4 is 0 Å². The van der Waals surface area contributed by atoms with E-state index in [0.717, 1.165) is 65.2 Å². The van der Waals surface area contributed by atoms with Crippen LogP contribution in [0.4, 0.5) is 0 Å². The van der Waals surface area contributed by atoms with Gasteiger partial charge >= 0.3 is 0 Å². The number of hydrogen-bond acceptors (Lipinski definition) is 4. The molecule has 3 fully saturated rings. The lowest BCUT2D eigenvalue weighted by atomic mass is 9.99. The van der Waals surface area contributed by atoms with Crippen LogP contribution >= 0.6 is 0 Å². The lowest BCUT2D eigenvalue weighted by Crippen LogP contribution is -2.51. The SMILES string of the molecule is CC[C@@H]1CN(C(=O)[C@H](C)N2CCCCC2=O)C[C@@H]1N1CCOCC1. The van der Waals surface area contributed by atoms with E-state index in [2.05, 4.69) is 11.8 Å². The molecule has 0 aromatic carbocycles. The van der Waals surface area contributed by atoms with E-state index in [9.17, 15) is 9.59 Å². The molecule has 3 heterocycles. The van der Waals surface area contributed by atoms with Gasteiger partial charge in [-0.25, -0.2) is 0 Å². The smallest absolute Gasteiger partial charge is 0.245 e. The first-order chi connectivity index (χ1) is 11.6. The summed E-state index contributed by atoms with van der Waals surface area (Å²) in [4.78, 5) is 31.4. The van der Waals surface area contributed by atoms with E-state index in [-0.39, 0.29) is 17.9 Å². The average molecular weight is 337 g/mol. The van der Waals surface area contributed by atoms with E-state index in [0.29, 0.717) is 18.4 Å². The zero-order chi connectivity index (χ0) is 17.1. The van der Waals surface area contributed by atoms with Gasteiger partial charge in [0.05, 0.1) is 13.2 Å². The first kappa shape index (κ1) is 17.7. The first-order valence-corrected chi connectivity index (χ1v) is 9.52. The van der Waals surface area contributed by atoms with Crippen molar-refractivity contribution in [2.75, 3.05) is 45.9 Å². The van der Waals surface area contributed by atoms with Crippen molar-refractivity contribution in [2.45, 2.75) is 51.6 Å². The maximum absolute atomic E-state index is 13.0. The number of ether oxygens (including phenoxy) is 1. The summed E-state index contributed by atoms with van der Waals surface area (Å²) in [5.74, 6) is 0.786. The van der Waals surface area contributed by atoms with Gasteiger partial charge in [-0.3, -0.25) is 14.5 Å². The Morgan fingerprint density at radius 2 is 1.96 bits per heavy atom. The van der Waals surface area contributed by atoms with Gasteiger partial charge in [0.25, 0.3) is 0 Å². The molecular formula is C18H31N3O3. The Morgan fingerprint density at radius 3 is 2.62 bits per heavy atom. The normalized spacial score (nSPS) is 30.7. The molecule has 0 unspecified atom stereocenters. The van der Waals surface area contributed by atoms with Gasteiger partial charge in [-0.05, 0) is 25.7 Å². The topological polar surface area (TPSA) is 53.1 Å². The van der Waals surface area contributed by atoms with Crippen LogP contribution in [-0.2, 0) is 14.3 Å². The van der Waals surface area contributed by atoms with Gasteiger partial charge in [0.1, 0.15) is 6.04 Å². The van der Waals surface area contributed by atoms with Gasteiger partial charge in [-0.2, -0.15) is 0 Å². The number of nitrogens with zero attached hydrogens (tertiary/aromatic N) is 3. The predicted octanol–water partition coefficient (Wildman–Crippen LogP) is 0.957. The first-order valence-electron chi connectivity index (χ1n) is 9.52. The monoisotopic (exact) mass is 337 g/mol. The lowest BCUT2D eigenvalue weighted by molar-refractivity contribution is -0.146. The summed E-state index contributed by atoms with van der Waals surface area (Å²) in [6, 6.07) is 0.117. The Kier molecular flexibility index (Phi) is 5.76. The highest BCUT2D eigenvalue weighted by Crippen LogP contribution is 2.27. The molecule has 0 aromatic rings. The van der Waals surface area contributed by atoms with Gasteiger partial charge in [0, 0.05) is 45.2 Å². The molecule has 136 valence electrons. The lowest BCUT2D eigenvalue weighted by Gasteiger charge is -2.35. The fourth-order valence-corrected chi connectivity index (χ4v) is 4.39. The Morgan fingerprint density at radius 1 is 1.21 bits per heavy atom. The minimum atomic E-state index is -0.321. The van der Waals surface area contributed by atoms with Gasteiger partial charge in [0.15, 0.2) is 0 Å². The van der Waals surface area contributed by atoms with Crippen molar-refractivity contribution in [3.63, 3.8) is 0 Å². The van der Waals surface area contributed by atoms with Crippen LogP contribution in [0.25, 0.3) is 0 Å². The summed E-state index contributed by atoms with van der Waals surface area (Å²) in [5.41, 5.74) is 0. The average Bonchev–Trinajstić information content (AvgIpc) is 3.06. The van der Waals surface area contributed by atoms with Crippen LogP contribution in [0.2, 0.25) is 0 Å². The zero-order valence-corrected chi connectivity index (χ0v) is 15.1. The van der Waals surface area contributed by atoms with Crippen LogP contribution in [0.1, 0.15) is 39.5 Å². The molecule has 6 nitrogen and oxygen atoms in total. The molecule has 3 aliphatic heterocycles. The Bertz CT molecular complexity index is 464. The largest absolute Gasteiger partial charge is 0.379 e. The number of morpholine rings is 1. The maximum atomic E-state index is 13.0. The molecule has 2 amide bonds. The van der Waals surface area contributed by atoms with E-state index in [1.807, 2.05) is 11.8 Å². The Hall–Kier alpha value is -1.14. The highest BCUT2D eigenvalue weighted by Gasteiger charge is 2.40. The van der Waals surface area contributed by atoms with E-state index < -0.39 is 0 Å². The van der Waals surface area contributed by atoms with Crippen molar-refractivity contribution in [1.29, 1.82) is 0 Å². The van der Waals surface area contributed by atoms with Crippen molar-refractivity contribution in [2.24, 2.45) is 5.92 Å². The number of rotatable bonds is 4. The van der Waals surface area contributed by atoms with E-state index in [1.54, 1.807) is 4.90 Å². The molecular weight excluding hydrogens is 306 g/mol. The molecule has 0 radical (unpaired) electrons. The van der Waals surface area contributed by atoms with E-state index >= 15 is 0 Å². The minimum absolute atomic E-state index is 0.124. The summed E-state index contributed by atoms with van der Waals surface area (Å²) in [6.07, 6.45) is 3.64. The highest BCUT2D eigenvalue weighted by molar-refractivity contribution is 5.88. The molecule has 0 aliphatic carbocycles. The molecule has 0 N–H and O–H groups in total. The van der Waals surface area contributed by atoms with Crippen molar-refractivity contribution in [3.05, 3.63) is 0 Å². The molecule has 3 saturated heterocycles. The predicted molar refractivity (Wildman–Crippen MR) is 91.6 cm³/mol. The Balaban J connectivity index is 1.63. The Labute approximate surface area is 145 Å². The van der Waals surface area contributed by atoms with E-state index in [4.69, 9.17) is 4.74 Å². The van der Waals surface area contributed by atoms with Crippen molar-refractivity contribution in [3.8, 4) is 0 Å². The molecule has 0 aromatic heterocycles. The minimum Gasteiger partial charge on any atom is -0.379 e. The molecule has 0 spiro atoms. The third-order valence-corrected chi connectivity index (χ3v) is 5.94. The van der Waals surface area contributed by atoms with Crippen molar-refractivity contribution in [1.82, 2.24) is 14.7 Å². The van der Waals surface area contributed by atoms with Gasteiger partial charge in [-0.1, -0.05) is 13.3 Å². The number of hydrogen-bond donors (Lipinski definition) is 0. The number of carbonyl (C=O) groups is 2. The molecule has 0 saturated carbocycles. The summed E-state index contributed by atoms with van der Waals surface area (Å²) >= 11 is 0. The highest BCUT2D eigenvalue weighted by atomic mass is 16.5. The summed E-state index contributed by atoms with van der Waals surface area (Å²) in [6.45, 7) is 9.96. The fourth-order valence-electron chi connectivity index (χ4n) is 4.39. The maximum Gasteiger partial charge on any atom is 0.245 e. The van der Waals surface area contributed by atoms with Crippen LogP contribution in [0.3, 0.4) is 0 Å². The third-order valence-electron chi connectivity index (χ3n) is 5.94. The molecule has 3 atom stereocenters. The summed E-state index contributed by atoms with van der Waals surface area (Å²) < 4.78 is 5.47. The number of carbonyl (C=O) groups excluding carboxylic acids is 2. The standard InChI is InChI=1S/C18H31N3O3/c1-3-15-12-20(13-16(15)19-8-10-24-11-9-19)18(23)14(2)21-7-5-4-6-17(21)22/h14-16H,3-13H2,1-2H3/t14-,15+,16-/m0/s1. The number of likely N-dealkylation sites (tertiary alicyclic amines) is 2. The second-order valence-electron chi connectivity index (χ2n) is 7.35. The molecule has 24 heavy (non-hydrogen) atoms. The van der Waals surface area contributed by atoms with Crippen molar-refractivity contribution >= 4 is 11.8 Å². The number of amides is 2. The van der Waals surface area contributed by atoms with E-state index in [1.165, 1.54) is 0 Å². The molecule has 6 heteroatoms. The zero-order valence-electron chi connectivity index (χ0n) is 15.1. The molecule has 0 bridgehead atoms. The summed E-state index contributed by atoms with van der Waals surface area (Å²) in [5, 5.41) is 0. The molecule has 3 aliphatic rings. The van der Waals surface area contributed by atoms with Gasteiger partial charge in [0.2, 0.25) is 11.8 Å². The third kappa shape index (κ3) is 3.59.